The molecule has 0 radical (unpaired) electrons. The first-order valence-electron chi connectivity index (χ1n) is 6.13. The standard InChI is InChI=1S/C13H13ClF2N2OS/c14-9-5-10(15)8(4-11(9)16)13(19)18-3-1-2-7(6-18)12(17)20/h4-5,7H,1-3,6H2,(H2,17,20). The maximum absolute atomic E-state index is 13.7. The largest absolute Gasteiger partial charge is 0.393 e. The van der Waals surface area contributed by atoms with E-state index in [1.165, 1.54) is 4.90 Å². The summed E-state index contributed by atoms with van der Waals surface area (Å²) in [6.07, 6.45) is 1.53. The van der Waals surface area contributed by atoms with Crippen LogP contribution >= 0.6 is 23.8 Å². The van der Waals surface area contributed by atoms with Crippen molar-refractivity contribution in [1.82, 2.24) is 4.90 Å². The van der Waals surface area contributed by atoms with Crippen molar-refractivity contribution in [3.63, 3.8) is 0 Å². The highest BCUT2D eigenvalue weighted by Gasteiger charge is 2.28. The van der Waals surface area contributed by atoms with E-state index in [0.717, 1.165) is 25.0 Å². The van der Waals surface area contributed by atoms with Gasteiger partial charge in [0.05, 0.1) is 15.6 Å². The van der Waals surface area contributed by atoms with Crippen molar-refractivity contribution in [2.24, 2.45) is 11.7 Å². The van der Waals surface area contributed by atoms with E-state index in [1.54, 1.807) is 0 Å². The number of amides is 1. The van der Waals surface area contributed by atoms with E-state index in [2.05, 4.69) is 0 Å². The number of thiocarbonyl (C=S) groups is 1. The Labute approximate surface area is 125 Å². The molecule has 2 N–H and O–H groups in total. The third-order valence-electron chi connectivity index (χ3n) is 3.35. The first-order valence-corrected chi connectivity index (χ1v) is 6.92. The van der Waals surface area contributed by atoms with Crippen molar-refractivity contribution in [3.8, 4) is 0 Å². The monoisotopic (exact) mass is 318 g/mol. The molecule has 0 spiro atoms. The van der Waals surface area contributed by atoms with Crippen LogP contribution < -0.4 is 5.73 Å². The van der Waals surface area contributed by atoms with Crippen molar-refractivity contribution < 1.29 is 13.6 Å². The summed E-state index contributed by atoms with van der Waals surface area (Å²) in [4.78, 5) is 14.0. The number of hydrogen-bond acceptors (Lipinski definition) is 2. The topological polar surface area (TPSA) is 46.3 Å². The number of nitrogens with zero attached hydrogens (tertiary/aromatic N) is 1. The minimum Gasteiger partial charge on any atom is -0.393 e. The summed E-state index contributed by atoms with van der Waals surface area (Å²) in [5.74, 6) is -2.31. The number of likely N-dealkylation sites (tertiary alicyclic amines) is 1. The molecule has 1 aromatic carbocycles. The summed E-state index contributed by atoms with van der Waals surface area (Å²) in [5.41, 5.74) is 5.26. The first-order chi connectivity index (χ1) is 9.40. The molecule has 1 fully saturated rings. The fourth-order valence-corrected chi connectivity index (χ4v) is 2.59. The summed E-state index contributed by atoms with van der Waals surface area (Å²) in [6, 6.07) is 1.63. The maximum Gasteiger partial charge on any atom is 0.256 e. The number of carbonyl (C=O) groups is 1. The predicted molar refractivity (Wildman–Crippen MR) is 76.8 cm³/mol. The molecule has 1 amide bonds. The molecule has 2 rings (SSSR count). The second-order valence-corrected chi connectivity index (χ2v) is 5.62. The van der Waals surface area contributed by atoms with Crippen LogP contribution in [0.5, 0.6) is 0 Å². The van der Waals surface area contributed by atoms with Crippen LogP contribution in [0.3, 0.4) is 0 Å². The van der Waals surface area contributed by atoms with E-state index in [-0.39, 0.29) is 16.5 Å². The van der Waals surface area contributed by atoms with E-state index in [1.807, 2.05) is 0 Å². The summed E-state index contributed by atoms with van der Waals surface area (Å²) in [7, 11) is 0. The molecule has 0 saturated carbocycles. The van der Waals surface area contributed by atoms with Gasteiger partial charge in [0.25, 0.3) is 5.91 Å². The number of halogens is 3. The highest BCUT2D eigenvalue weighted by atomic mass is 35.5. The minimum atomic E-state index is -0.834. The molecule has 7 heteroatoms. The lowest BCUT2D eigenvalue weighted by atomic mass is 9.97. The summed E-state index contributed by atoms with van der Waals surface area (Å²) in [6.45, 7) is 0.805. The van der Waals surface area contributed by atoms with E-state index in [4.69, 9.17) is 29.6 Å². The van der Waals surface area contributed by atoms with E-state index in [9.17, 15) is 13.6 Å². The van der Waals surface area contributed by atoms with Crippen LogP contribution in [0.15, 0.2) is 12.1 Å². The molecule has 1 aliphatic heterocycles. The van der Waals surface area contributed by atoms with Crippen LogP contribution in [0.4, 0.5) is 8.78 Å². The van der Waals surface area contributed by atoms with Gasteiger partial charge in [-0.25, -0.2) is 8.78 Å². The molecule has 1 unspecified atom stereocenters. The van der Waals surface area contributed by atoms with Gasteiger partial charge >= 0.3 is 0 Å². The zero-order valence-electron chi connectivity index (χ0n) is 10.5. The Morgan fingerprint density at radius 2 is 2.10 bits per heavy atom. The molecule has 1 heterocycles. The minimum absolute atomic E-state index is 0.0806. The smallest absolute Gasteiger partial charge is 0.256 e. The van der Waals surface area contributed by atoms with Crippen LogP contribution in [-0.2, 0) is 0 Å². The molecule has 0 aliphatic carbocycles. The molecule has 108 valence electrons. The molecule has 20 heavy (non-hydrogen) atoms. The third kappa shape index (κ3) is 3.07. The molecule has 3 nitrogen and oxygen atoms in total. The average molecular weight is 319 g/mol. The lowest BCUT2D eigenvalue weighted by Gasteiger charge is -2.32. The lowest BCUT2D eigenvalue weighted by molar-refractivity contribution is 0.0698. The molecule has 1 aromatic rings. The summed E-state index contributed by atoms with van der Waals surface area (Å²) < 4.78 is 27.1. The van der Waals surface area contributed by atoms with Crippen LogP contribution in [0.1, 0.15) is 23.2 Å². The van der Waals surface area contributed by atoms with Crippen molar-refractivity contribution in [2.75, 3.05) is 13.1 Å². The summed E-state index contributed by atoms with van der Waals surface area (Å²) >= 11 is 10.4. The number of benzene rings is 1. The average Bonchev–Trinajstić information content (AvgIpc) is 2.42. The Kier molecular flexibility index (Phi) is 4.55. The zero-order valence-corrected chi connectivity index (χ0v) is 12.1. The summed E-state index contributed by atoms with van der Waals surface area (Å²) in [5, 5.41) is -0.348. The van der Waals surface area contributed by atoms with E-state index < -0.39 is 17.5 Å². The van der Waals surface area contributed by atoms with Gasteiger partial charge in [0.1, 0.15) is 11.6 Å². The number of nitrogens with two attached hydrogens (primary N) is 1. The number of carbonyl (C=O) groups excluding carboxylic acids is 1. The Morgan fingerprint density at radius 3 is 2.75 bits per heavy atom. The number of rotatable bonds is 2. The molecule has 0 bridgehead atoms. The van der Waals surface area contributed by atoms with Crippen molar-refractivity contribution >= 4 is 34.7 Å². The van der Waals surface area contributed by atoms with Gasteiger partial charge in [-0.3, -0.25) is 4.79 Å². The van der Waals surface area contributed by atoms with Crippen molar-refractivity contribution in [2.45, 2.75) is 12.8 Å². The third-order valence-corrected chi connectivity index (χ3v) is 3.97. The van der Waals surface area contributed by atoms with Gasteiger partial charge in [-0.05, 0) is 25.0 Å². The highest BCUT2D eigenvalue weighted by molar-refractivity contribution is 7.80. The van der Waals surface area contributed by atoms with Crippen LogP contribution in [-0.4, -0.2) is 28.9 Å². The Hall–Kier alpha value is -1.27. The lowest BCUT2D eigenvalue weighted by Crippen LogP contribution is -2.43. The van der Waals surface area contributed by atoms with Gasteiger partial charge in [-0.15, -0.1) is 0 Å². The molecule has 1 aliphatic rings. The highest BCUT2D eigenvalue weighted by Crippen LogP contribution is 2.23. The van der Waals surface area contributed by atoms with Crippen LogP contribution in [0.25, 0.3) is 0 Å². The second-order valence-electron chi connectivity index (χ2n) is 4.74. The van der Waals surface area contributed by atoms with E-state index in [0.29, 0.717) is 18.1 Å². The van der Waals surface area contributed by atoms with Gasteiger partial charge in [0.2, 0.25) is 0 Å². The molecule has 1 saturated heterocycles. The Morgan fingerprint density at radius 1 is 1.40 bits per heavy atom. The van der Waals surface area contributed by atoms with Gasteiger partial charge < -0.3 is 10.6 Å². The van der Waals surface area contributed by atoms with Crippen molar-refractivity contribution in [1.29, 1.82) is 0 Å². The number of piperidine rings is 1. The van der Waals surface area contributed by atoms with Gasteiger partial charge in [0, 0.05) is 19.0 Å². The predicted octanol–water partition coefficient (Wildman–Crippen LogP) is 2.76. The molecular formula is C13H13ClF2N2OS. The molecular weight excluding hydrogens is 306 g/mol. The SMILES string of the molecule is NC(=S)C1CCCN(C(=O)c2cc(F)c(Cl)cc2F)C1. The van der Waals surface area contributed by atoms with Gasteiger partial charge in [-0.2, -0.15) is 0 Å². The first kappa shape index (κ1) is 15.1. The quantitative estimate of drug-likeness (QED) is 0.674. The van der Waals surface area contributed by atoms with Crippen LogP contribution in [0, 0.1) is 17.6 Å². The van der Waals surface area contributed by atoms with Crippen LogP contribution in [0.2, 0.25) is 5.02 Å². The van der Waals surface area contributed by atoms with Crippen molar-refractivity contribution in [3.05, 3.63) is 34.4 Å². The zero-order chi connectivity index (χ0) is 14.9. The van der Waals surface area contributed by atoms with E-state index >= 15 is 0 Å². The number of hydrogen-bond donors (Lipinski definition) is 1. The van der Waals surface area contributed by atoms with Gasteiger partial charge in [0.15, 0.2) is 0 Å². The normalized spacial score (nSPS) is 18.9. The Bertz CT molecular complexity index is 568. The molecule has 0 aromatic heterocycles. The fraction of sp³-hybridized carbons (Fsp3) is 0.385. The fourth-order valence-electron chi connectivity index (χ4n) is 2.25. The Balaban J connectivity index is 2.23. The molecule has 1 atom stereocenters. The second kappa shape index (κ2) is 6.01. The maximum atomic E-state index is 13.7. The van der Waals surface area contributed by atoms with Gasteiger partial charge in [-0.1, -0.05) is 23.8 Å².